The lowest BCUT2D eigenvalue weighted by Gasteiger charge is -2.32. The van der Waals surface area contributed by atoms with Crippen LogP contribution in [0.3, 0.4) is 0 Å². The molecule has 5 nitrogen and oxygen atoms in total. The van der Waals surface area contributed by atoms with Crippen molar-refractivity contribution < 1.29 is 9.59 Å². The molecule has 2 saturated heterocycles. The molecule has 0 bridgehead atoms. The van der Waals surface area contributed by atoms with Gasteiger partial charge in [0.2, 0.25) is 5.91 Å². The summed E-state index contributed by atoms with van der Waals surface area (Å²) in [4.78, 5) is 29.1. The summed E-state index contributed by atoms with van der Waals surface area (Å²) in [5.74, 6) is 1.40. The lowest BCUT2D eigenvalue weighted by Crippen LogP contribution is -2.39. The van der Waals surface area contributed by atoms with E-state index in [0.29, 0.717) is 17.7 Å². The Kier molecular flexibility index (Phi) is 6.86. The largest absolute Gasteiger partial charge is 0.351 e. The molecular formula is C24H35N3O2. The molecule has 2 amide bonds. The first kappa shape index (κ1) is 20.4. The van der Waals surface area contributed by atoms with Gasteiger partial charge in [-0.1, -0.05) is 18.6 Å². The Balaban J connectivity index is 1.17. The summed E-state index contributed by atoms with van der Waals surface area (Å²) in [6, 6.07) is 8.11. The second kappa shape index (κ2) is 9.75. The first-order valence-electron chi connectivity index (χ1n) is 11.6. The van der Waals surface area contributed by atoms with Crippen molar-refractivity contribution in [2.45, 2.75) is 51.4 Å². The van der Waals surface area contributed by atoms with E-state index >= 15 is 0 Å². The standard InChI is InChI=1S/C24H35N3O2/c28-23(25-12-17-26-13-2-1-3-14-26)21-6-4-19(5-7-21)18-20-10-15-27(16-11-20)24(29)22-8-9-22/h4-7,20,22H,1-3,8-18H2,(H,25,28). The van der Waals surface area contributed by atoms with Gasteiger partial charge in [-0.3, -0.25) is 9.59 Å². The molecule has 0 spiro atoms. The molecule has 4 rings (SSSR count). The number of hydrogen-bond donors (Lipinski definition) is 1. The van der Waals surface area contributed by atoms with Crippen molar-refractivity contribution in [3.63, 3.8) is 0 Å². The molecule has 5 heteroatoms. The van der Waals surface area contributed by atoms with Gasteiger partial charge in [0.05, 0.1) is 0 Å². The van der Waals surface area contributed by atoms with Crippen molar-refractivity contribution in [2.24, 2.45) is 11.8 Å². The van der Waals surface area contributed by atoms with Crippen LogP contribution >= 0.6 is 0 Å². The number of hydrogen-bond acceptors (Lipinski definition) is 3. The quantitative estimate of drug-likeness (QED) is 0.769. The van der Waals surface area contributed by atoms with E-state index < -0.39 is 0 Å². The molecule has 1 saturated carbocycles. The van der Waals surface area contributed by atoms with E-state index in [9.17, 15) is 9.59 Å². The van der Waals surface area contributed by atoms with Gasteiger partial charge in [-0.25, -0.2) is 0 Å². The van der Waals surface area contributed by atoms with E-state index in [2.05, 4.69) is 27.2 Å². The van der Waals surface area contributed by atoms with Gasteiger partial charge < -0.3 is 15.1 Å². The minimum Gasteiger partial charge on any atom is -0.351 e. The smallest absolute Gasteiger partial charge is 0.251 e. The number of piperidine rings is 2. The maximum atomic E-state index is 12.4. The summed E-state index contributed by atoms with van der Waals surface area (Å²) < 4.78 is 0. The molecule has 0 radical (unpaired) electrons. The zero-order valence-corrected chi connectivity index (χ0v) is 17.6. The van der Waals surface area contributed by atoms with Crippen molar-refractivity contribution in [3.8, 4) is 0 Å². The SMILES string of the molecule is O=C(NCCN1CCCCC1)c1ccc(CC2CCN(C(=O)C3CC3)CC2)cc1. The van der Waals surface area contributed by atoms with E-state index in [1.807, 2.05) is 12.1 Å². The Morgan fingerprint density at radius 2 is 1.59 bits per heavy atom. The van der Waals surface area contributed by atoms with Gasteiger partial charge in [0.1, 0.15) is 0 Å². The summed E-state index contributed by atoms with van der Waals surface area (Å²) in [5.41, 5.74) is 2.04. The van der Waals surface area contributed by atoms with Crippen molar-refractivity contribution >= 4 is 11.8 Å². The van der Waals surface area contributed by atoms with Crippen LogP contribution in [0.4, 0.5) is 0 Å². The van der Waals surface area contributed by atoms with Crippen molar-refractivity contribution in [3.05, 3.63) is 35.4 Å². The van der Waals surface area contributed by atoms with Crippen LogP contribution in [0, 0.1) is 11.8 Å². The van der Waals surface area contributed by atoms with E-state index in [1.54, 1.807) is 0 Å². The molecular weight excluding hydrogens is 362 g/mol. The molecule has 2 aliphatic heterocycles. The molecule has 158 valence electrons. The lowest BCUT2D eigenvalue weighted by molar-refractivity contribution is -0.133. The molecule has 1 aliphatic carbocycles. The highest BCUT2D eigenvalue weighted by atomic mass is 16.2. The maximum Gasteiger partial charge on any atom is 0.251 e. The highest BCUT2D eigenvalue weighted by Gasteiger charge is 2.34. The third-order valence-electron chi connectivity index (χ3n) is 6.76. The third-order valence-corrected chi connectivity index (χ3v) is 6.76. The molecule has 3 aliphatic rings. The summed E-state index contributed by atoms with van der Waals surface area (Å²) in [6.07, 6.45) is 9.33. The topological polar surface area (TPSA) is 52.7 Å². The number of nitrogens with one attached hydrogen (secondary N) is 1. The lowest BCUT2D eigenvalue weighted by atomic mass is 9.89. The fourth-order valence-corrected chi connectivity index (χ4v) is 4.68. The van der Waals surface area contributed by atoms with Crippen LogP contribution in [0.15, 0.2) is 24.3 Å². The number of benzene rings is 1. The molecule has 29 heavy (non-hydrogen) atoms. The van der Waals surface area contributed by atoms with Gasteiger partial charge in [-0.15, -0.1) is 0 Å². The zero-order valence-electron chi connectivity index (χ0n) is 17.6. The van der Waals surface area contributed by atoms with Crippen LogP contribution < -0.4 is 5.32 Å². The number of carbonyl (C=O) groups excluding carboxylic acids is 2. The summed E-state index contributed by atoms with van der Waals surface area (Å²) >= 11 is 0. The summed E-state index contributed by atoms with van der Waals surface area (Å²) in [7, 11) is 0. The molecule has 0 unspecified atom stereocenters. The number of amides is 2. The van der Waals surface area contributed by atoms with Gasteiger partial charge in [0.25, 0.3) is 5.91 Å². The minimum atomic E-state index is 0.0282. The predicted molar refractivity (Wildman–Crippen MR) is 115 cm³/mol. The first-order valence-corrected chi connectivity index (χ1v) is 11.6. The van der Waals surface area contributed by atoms with Crippen LogP contribution in [0.25, 0.3) is 0 Å². The van der Waals surface area contributed by atoms with Crippen LogP contribution in [-0.4, -0.2) is 60.9 Å². The Morgan fingerprint density at radius 1 is 0.897 bits per heavy atom. The highest BCUT2D eigenvalue weighted by Crippen LogP contribution is 2.32. The Hall–Kier alpha value is -1.88. The average molecular weight is 398 g/mol. The van der Waals surface area contributed by atoms with E-state index in [1.165, 1.54) is 24.8 Å². The molecule has 2 heterocycles. The summed E-state index contributed by atoms with van der Waals surface area (Å²) in [6.45, 7) is 5.83. The van der Waals surface area contributed by atoms with Gasteiger partial charge >= 0.3 is 0 Å². The second-order valence-corrected chi connectivity index (χ2v) is 9.10. The monoisotopic (exact) mass is 397 g/mol. The first-order chi connectivity index (χ1) is 14.2. The van der Waals surface area contributed by atoms with Crippen LogP contribution in [0.1, 0.15) is 60.9 Å². The molecule has 3 fully saturated rings. The van der Waals surface area contributed by atoms with Crippen molar-refractivity contribution in [2.75, 3.05) is 39.3 Å². The van der Waals surface area contributed by atoms with Crippen molar-refractivity contribution in [1.82, 2.24) is 15.1 Å². The average Bonchev–Trinajstić information content (AvgIpc) is 3.60. The fourth-order valence-electron chi connectivity index (χ4n) is 4.68. The van der Waals surface area contributed by atoms with E-state index in [0.717, 1.165) is 76.9 Å². The van der Waals surface area contributed by atoms with E-state index in [4.69, 9.17) is 0 Å². The molecule has 1 N–H and O–H groups in total. The fraction of sp³-hybridized carbons (Fsp3) is 0.667. The number of likely N-dealkylation sites (tertiary alicyclic amines) is 2. The zero-order chi connectivity index (χ0) is 20.1. The minimum absolute atomic E-state index is 0.0282. The number of rotatable bonds is 7. The third kappa shape index (κ3) is 5.81. The Morgan fingerprint density at radius 3 is 2.24 bits per heavy atom. The van der Waals surface area contributed by atoms with E-state index in [-0.39, 0.29) is 5.91 Å². The molecule has 1 aromatic rings. The maximum absolute atomic E-state index is 12.4. The highest BCUT2D eigenvalue weighted by molar-refractivity contribution is 5.94. The number of nitrogens with zero attached hydrogens (tertiary/aromatic N) is 2. The van der Waals surface area contributed by atoms with Crippen LogP contribution in [0.2, 0.25) is 0 Å². The van der Waals surface area contributed by atoms with Gasteiger partial charge in [-0.05, 0) is 81.6 Å². The molecule has 0 atom stereocenters. The van der Waals surface area contributed by atoms with Gasteiger partial charge in [-0.2, -0.15) is 0 Å². The summed E-state index contributed by atoms with van der Waals surface area (Å²) in [5, 5.41) is 3.06. The predicted octanol–water partition coefficient (Wildman–Crippen LogP) is 3.09. The van der Waals surface area contributed by atoms with Gasteiger partial charge in [0.15, 0.2) is 0 Å². The number of carbonyl (C=O) groups is 2. The van der Waals surface area contributed by atoms with Crippen LogP contribution in [0.5, 0.6) is 0 Å². The van der Waals surface area contributed by atoms with Crippen LogP contribution in [-0.2, 0) is 11.2 Å². The molecule has 0 aromatic heterocycles. The van der Waals surface area contributed by atoms with Gasteiger partial charge in [0, 0.05) is 37.7 Å². The Labute approximate surface area is 174 Å². The second-order valence-electron chi connectivity index (χ2n) is 9.10. The normalized spacial score (nSPS) is 21.2. The Bertz CT molecular complexity index is 685. The van der Waals surface area contributed by atoms with Crippen molar-refractivity contribution in [1.29, 1.82) is 0 Å². The molecule has 1 aromatic carbocycles.